The highest BCUT2D eigenvalue weighted by molar-refractivity contribution is 9.10. The summed E-state index contributed by atoms with van der Waals surface area (Å²) in [6.45, 7) is 1.76. The summed E-state index contributed by atoms with van der Waals surface area (Å²) in [7, 11) is 0. The van der Waals surface area contributed by atoms with Gasteiger partial charge in [-0.15, -0.1) is 0 Å². The zero-order valence-corrected chi connectivity index (χ0v) is 12.4. The number of aryl methyl sites for hydroxylation is 1. The van der Waals surface area contributed by atoms with Gasteiger partial charge < -0.3 is 10.4 Å². The van der Waals surface area contributed by atoms with Crippen molar-refractivity contribution < 1.29 is 9.90 Å². The molecule has 0 unspecified atom stereocenters. The third-order valence-corrected chi connectivity index (χ3v) is 3.95. The molecule has 0 bridgehead atoms. The Morgan fingerprint density at radius 1 is 1.32 bits per heavy atom. The van der Waals surface area contributed by atoms with Crippen molar-refractivity contribution in [3.05, 3.63) is 57.0 Å². The molecule has 0 heterocycles. The van der Waals surface area contributed by atoms with Crippen molar-refractivity contribution in [2.45, 2.75) is 6.92 Å². The van der Waals surface area contributed by atoms with E-state index in [9.17, 15) is 9.90 Å². The summed E-state index contributed by atoms with van der Waals surface area (Å²) in [5.74, 6) is -0.102. The normalized spacial score (nSPS) is 10.3. The molecule has 98 valence electrons. The number of carbonyl (C=O) groups excluding carboxylic acids is 1. The van der Waals surface area contributed by atoms with Crippen molar-refractivity contribution in [2.24, 2.45) is 0 Å². The molecule has 0 aromatic heterocycles. The standard InChI is InChI=1S/C14H11BrClNO2/c1-8-7-9(5-6-12(8)18)17-14(19)10-3-2-4-11(15)13(10)16/h2-7,18H,1H3,(H,17,19). The first kappa shape index (κ1) is 13.9. The van der Waals surface area contributed by atoms with Crippen LogP contribution < -0.4 is 5.32 Å². The number of phenolic OH excluding ortho intramolecular Hbond substituents is 1. The second kappa shape index (κ2) is 5.63. The van der Waals surface area contributed by atoms with Crippen molar-refractivity contribution in [1.29, 1.82) is 0 Å². The summed E-state index contributed by atoms with van der Waals surface area (Å²) in [6.07, 6.45) is 0. The highest BCUT2D eigenvalue weighted by atomic mass is 79.9. The number of benzene rings is 2. The van der Waals surface area contributed by atoms with Crippen LogP contribution in [0.3, 0.4) is 0 Å². The molecule has 2 N–H and O–H groups in total. The first-order valence-electron chi connectivity index (χ1n) is 5.54. The molecule has 19 heavy (non-hydrogen) atoms. The molecular formula is C14H11BrClNO2. The second-order valence-electron chi connectivity index (χ2n) is 4.06. The number of rotatable bonds is 2. The lowest BCUT2D eigenvalue weighted by Gasteiger charge is -2.09. The Bertz CT molecular complexity index is 643. The van der Waals surface area contributed by atoms with Crippen molar-refractivity contribution >= 4 is 39.1 Å². The summed E-state index contributed by atoms with van der Waals surface area (Å²) < 4.78 is 0.670. The van der Waals surface area contributed by atoms with Crippen molar-refractivity contribution in [2.75, 3.05) is 5.32 Å². The maximum atomic E-state index is 12.1. The van der Waals surface area contributed by atoms with Crippen LogP contribution in [0.25, 0.3) is 0 Å². The van der Waals surface area contributed by atoms with Crippen LogP contribution >= 0.6 is 27.5 Å². The van der Waals surface area contributed by atoms with Gasteiger partial charge in [-0.1, -0.05) is 17.7 Å². The zero-order chi connectivity index (χ0) is 14.0. The van der Waals surface area contributed by atoms with Crippen LogP contribution in [-0.2, 0) is 0 Å². The van der Waals surface area contributed by atoms with Crippen LogP contribution in [0, 0.1) is 6.92 Å². The van der Waals surface area contributed by atoms with Crippen LogP contribution in [0.1, 0.15) is 15.9 Å². The molecular weight excluding hydrogens is 330 g/mol. The Kier molecular flexibility index (Phi) is 4.12. The number of hydrogen-bond acceptors (Lipinski definition) is 2. The molecule has 0 atom stereocenters. The van der Waals surface area contributed by atoms with E-state index in [4.69, 9.17) is 11.6 Å². The fraction of sp³-hybridized carbons (Fsp3) is 0.0714. The maximum absolute atomic E-state index is 12.1. The largest absolute Gasteiger partial charge is 0.508 e. The minimum Gasteiger partial charge on any atom is -0.508 e. The maximum Gasteiger partial charge on any atom is 0.257 e. The molecule has 3 nitrogen and oxygen atoms in total. The molecule has 0 saturated carbocycles. The Morgan fingerprint density at radius 3 is 2.74 bits per heavy atom. The molecule has 2 rings (SSSR count). The fourth-order valence-electron chi connectivity index (χ4n) is 1.61. The Balaban J connectivity index is 2.26. The van der Waals surface area contributed by atoms with Crippen molar-refractivity contribution in [3.8, 4) is 5.75 Å². The molecule has 1 amide bonds. The van der Waals surface area contributed by atoms with E-state index in [-0.39, 0.29) is 11.7 Å². The second-order valence-corrected chi connectivity index (χ2v) is 5.29. The van der Waals surface area contributed by atoms with Gasteiger partial charge >= 0.3 is 0 Å². The van der Waals surface area contributed by atoms with Crippen LogP contribution in [0.5, 0.6) is 5.75 Å². The number of carbonyl (C=O) groups is 1. The first-order chi connectivity index (χ1) is 8.99. The minimum atomic E-state index is -0.295. The SMILES string of the molecule is Cc1cc(NC(=O)c2cccc(Br)c2Cl)ccc1O. The third-order valence-electron chi connectivity index (χ3n) is 2.65. The van der Waals surface area contributed by atoms with Gasteiger partial charge in [0.25, 0.3) is 5.91 Å². The minimum absolute atomic E-state index is 0.193. The average Bonchev–Trinajstić information content (AvgIpc) is 2.37. The Hall–Kier alpha value is -1.52. The van der Waals surface area contributed by atoms with E-state index >= 15 is 0 Å². The van der Waals surface area contributed by atoms with Crippen LogP contribution in [0.2, 0.25) is 5.02 Å². The third kappa shape index (κ3) is 3.08. The number of hydrogen-bond donors (Lipinski definition) is 2. The molecule has 0 aliphatic heterocycles. The van der Waals surface area contributed by atoms with E-state index in [1.54, 1.807) is 37.3 Å². The van der Waals surface area contributed by atoms with Gasteiger partial charge in [0.2, 0.25) is 0 Å². The van der Waals surface area contributed by atoms with Gasteiger partial charge in [-0.25, -0.2) is 0 Å². The molecule has 0 aliphatic rings. The van der Waals surface area contributed by atoms with Gasteiger partial charge in [-0.3, -0.25) is 4.79 Å². The lowest BCUT2D eigenvalue weighted by molar-refractivity contribution is 0.102. The van der Waals surface area contributed by atoms with Crippen molar-refractivity contribution in [1.82, 2.24) is 0 Å². The lowest BCUT2D eigenvalue weighted by atomic mass is 10.1. The number of amides is 1. The van der Waals surface area contributed by atoms with Gasteiger partial charge in [0.05, 0.1) is 10.6 Å². The molecule has 0 aliphatic carbocycles. The topological polar surface area (TPSA) is 49.3 Å². The van der Waals surface area contributed by atoms with Crippen LogP contribution in [-0.4, -0.2) is 11.0 Å². The predicted octanol–water partition coefficient (Wildman–Crippen LogP) is 4.37. The Morgan fingerprint density at radius 2 is 2.05 bits per heavy atom. The zero-order valence-electron chi connectivity index (χ0n) is 10.1. The van der Waals surface area contributed by atoms with E-state index in [1.807, 2.05) is 0 Å². The smallest absolute Gasteiger partial charge is 0.257 e. The van der Waals surface area contributed by atoms with E-state index in [0.29, 0.717) is 26.3 Å². The molecule has 0 spiro atoms. The number of aromatic hydroxyl groups is 1. The summed E-state index contributed by atoms with van der Waals surface area (Å²) in [5, 5.41) is 12.5. The van der Waals surface area contributed by atoms with Crippen LogP contribution in [0.4, 0.5) is 5.69 Å². The van der Waals surface area contributed by atoms with Crippen LogP contribution in [0.15, 0.2) is 40.9 Å². The van der Waals surface area contributed by atoms with Gasteiger partial charge in [-0.05, 0) is 58.7 Å². The molecule has 0 radical (unpaired) electrons. The molecule has 5 heteroatoms. The van der Waals surface area contributed by atoms with Crippen molar-refractivity contribution in [3.63, 3.8) is 0 Å². The fourth-order valence-corrected chi connectivity index (χ4v) is 2.19. The number of anilines is 1. The summed E-state index contributed by atoms with van der Waals surface area (Å²) >= 11 is 9.34. The Labute approximate surface area is 124 Å². The highest BCUT2D eigenvalue weighted by Gasteiger charge is 2.12. The molecule has 2 aromatic carbocycles. The number of nitrogens with one attached hydrogen (secondary N) is 1. The quantitative estimate of drug-likeness (QED) is 0.798. The molecule has 2 aromatic rings. The molecule has 0 saturated heterocycles. The van der Waals surface area contributed by atoms with E-state index < -0.39 is 0 Å². The average molecular weight is 341 g/mol. The monoisotopic (exact) mass is 339 g/mol. The van der Waals surface area contributed by atoms with E-state index in [2.05, 4.69) is 21.2 Å². The van der Waals surface area contributed by atoms with E-state index in [0.717, 1.165) is 0 Å². The first-order valence-corrected chi connectivity index (χ1v) is 6.71. The molecule has 0 fully saturated rings. The predicted molar refractivity (Wildman–Crippen MR) is 79.9 cm³/mol. The summed E-state index contributed by atoms with van der Waals surface area (Å²) in [6, 6.07) is 10.0. The van der Waals surface area contributed by atoms with Gasteiger partial charge in [0.15, 0.2) is 0 Å². The summed E-state index contributed by atoms with van der Waals surface area (Å²) in [5.41, 5.74) is 1.69. The number of halogens is 2. The van der Waals surface area contributed by atoms with E-state index in [1.165, 1.54) is 6.07 Å². The summed E-state index contributed by atoms with van der Waals surface area (Å²) in [4.78, 5) is 12.1. The lowest BCUT2D eigenvalue weighted by Crippen LogP contribution is -2.12. The number of phenols is 1. The highest BCUT2D eigenvalue weighted by Crippen LogP contribution is 2.27. The van der Waals surface area contributed by atoms with Gasteiger partial charge in [-0.2, -0.15) is 0 Å². The van der Waals surface area contributed by atoms with Gasteiger partial charge in [0.1, 0.15) is 5.75 Å². The van der Waals surface area contributed by atoms with Gasteiger partial charge in [0, 0.05) is 10.2 Å².